The molecule has 0 aliphatic carbocycles. The summed E-state index contributed by atoms with van der Waals surface area (Å²) >= 11 is 27.5. The highest BCUT2D eigenvalue weighted by molar-refractivity contribution is 6.40. The molecule has 2 N–H and O–H groups in total. The standard InChI is InChI=1S/C6H3Cl3O.C6H4Cl2O/c7-3-1-4(8)6(10)5(9)2-3;7-4-2-1-3-5(8)6(4)9/h1-2,10H;1-3,9H. The van der Waals surface area contributed by atoms with Crippen molar-refractivity contribution in [1.29, 1.82) is 0 Å². The Balaban J connectivity index is 0.000000191. The molecule has 0 amide bonds. The van der Waals surface area contributed by atoms with E-state index in [-0.39, 0.29) is 31.6 Å². The van der Waals surface area contributed by atoms with E-state index >= 15 is 0 Å². The molecule has 0 bridgehead atoms. The van der Waals surface area contributed by atoms with Crippen LogP contribution in [0.15, 0.2) is 30.3 Å². The van der Waals surface area contributed by atoms with Gasteiger partial charge in [-0.2, -0.15) is 0 Å². The molecule has 0 spiro atoms. The molecule has 102 valence electrons. The van der Waals surface area contributed by atoms with E-state index in [4.69, 9.17) is 68.2 Å². The Kier molecular flexibility index (Phi) is 6.37. The molecule has 2 rings (SSSR count). The van der Waals surface area contributed by atoms with Crippen molar-refractivity contribution in [2.45, 2.75) is 0 Å². The first-order valence-electron chi connectivity index (χ1n) is 4.79. The second-order valence-electron chi connectivity index (χ2n) is 3.29. The van der Waals surface area contributed by atoms with Crippen LogP contribution in [0.25, 0.3) is 0 Å². The van der Waals surface area contributed by atoms with Gasteiger partial charge in [-0.1, -0.05) is 64.1 Å². The summed E-state index contributed by atoms with van der Waals surface area (Å²) in [5, 5.41) is 19.2. The highest BCUT2D eigenvalue weighted by atomic mass is 35.5. The van der Waals surface area contributed by atoms with Gasteiger partial charge in [-0.25, -0.2) is 0 Å². The molecule has 7 heteroatoms. The molecular formula is C12H7Cl5O2. The predicted octanol–water partition coefficient (Wildman–Crippen LogP) is 6.05. The Morgan fingerprint density at radius 2 is 1.00 bits per heavy atom. The average molecular weight is 360 g/mol. The van der Waals surface area contributed by atoms with Gasteiger partial charge in [0.2, 0.25) is 0 Å². The van der Waals surface area contributed by atoms with Crippen LogP contribution in [0.3, 0.4) is 0 Å². The van der Waals surface area contributed by atoms with Crippen molar-refractivity contribution >= 4 is 58.0 Å². The molecule has 0 fully saturated rings. The van der Waals surface area contributed by atoms with E-state index in [0.29, 0.717) is 5.02 Å². The molecule has 0 saturated heterocycles. The van der Waals surface area contributed by atoms with Gasteiger partial charge >= 0.3 is 0 Å². The molecule has 0 atom stereocenters. The zero-order chi connectivity index (χ0) is 14.6. The highest BCUT2D eigenvalue weighted by Gasteiger charge is 2.04. The van der Waals surface area contributed by atoms with Gasteiger partial charge in [0.05, 0.1) is 20.1 Å². The number of phenols is 2. The lowest BCUT2D eigenvalue weighted by Crippen LogP contribution is -1.70. The van der Waals surface area contributed by atoms with Crippen LogP contribution in [0, 0.1) is 0 Å². The fraction of sp³-hybridized carbons (Fsp3) is 0. The monoisotopic (exact) mass is 358 g/mol. The third kappa shape index (κ3) is 4.83. The largest absolute Gasteiger partial charge is 0.505 e. The van der Waals surface area contributed by atoms with E-state index in [9.17, 15) is 0 Å². The van der Waals surface area contributed by atoms with Crippen LogP contribution in [0.2, 0.25) is 25.1 Å². The fourth-order valence-corrected chi connectivity index (χ4v) is 2.24. The molecule has 0 unspecified atom stereocenters. The summed E-state index contributed by atoms with van der Waals surface area (Å²) in [6, 6.07) is 7.66. The minimum Gasteiger partial charge on any atom is -0.505 e. The topological polar surface area (TPSA) is 40.5 Å². The quantitative estimate of drug-likeness (QED) is 0.600. The van der Waals surface area contributed by atoms with Crippen molar-refractivity contribution in [3.8, 4) is 11.5 Å². The zero-order valence-electron chi connectivity index (χ0n) is 9.17. The van der Waals surface area contributed by atoms with Crippen LogP contribution in [0.1, 0.15) is 0 Å². The number of halogens is 5. The summed E-state index contributed by atoms with van der Waals surface area (Å²) in [4.78, 5) is 0. The van der Waals surface area contributed by atoms with Gasteiger partial charge in [-0.3, -0.25) is 0 Å². The lowest BCUT2D eigenvalue weighted by molar-refractivity contribution is 0.475. The minimum atomic E-state index is -0.132. The molecule has 2 aromatic rings. The molecule has 2 aromatic carbocycles. The lowest BCUT2D eigenvalue weighted by Gasteiger charge is -1.98. The average Bonchev–Trinajstić information content (AvgIpc) is 2.33. The first kappa shape index (κ1) is 16.5. The minimum absolute atomic E-state index is 0.0548. The van der Waals surface area contributed by atoms with Crippen molar-refractivity contribution in [2.75, 3.05) is 0 Å². The number of phenolic OH excluding ortho intramolecular Hbond substituents is 2. The SMILES string of the molecule is Oc1c(Cl)cc(Cl)cc1Cl.Oc1c(Cl)cccc1Cl. The summed E-state index contributed by atoms with van der Waals surface area (Å²) in [5.74, 6) is -0.187. The number of hydrogen-bond donors (Lipinski definition) is 2. The molecule has 0 aliphatic heterocycles. The van der Waals surface area contributed by atoms with Gasteiger partial charge in [-0.15, -0.1) is 0 Å². The number of hydrogen-bond acceptors (Lipinski definition) is 2. The maximum atomic E-state index is 9.01. The summed E-state index contributed by atoms with van der Waals surface area (Å²) < 4.78 is 0. The summed E-state index contributed by atoms with van der Waals surface area (Å²) in [6.45, 7) is 0. The first-order chi connectivity index (χ1) is 8.82. The van der Waals surface area contributed by atoms with Crippen molar-refractivity contribution in [3.05, 3.63) is 55.4 Å². The van der Waals surface area contributed by atoms with Gasteiger partial charge in [0.1, 0.15) is 0 Å². The van der Waals surface area contributed by atoms with Crippen molar-refractivity contribution < 1.29 is 10.2 Å². The van der Waals surface area contributed by atoms with E-state index in [0.717, 1.165) is 0 Å². The lowest BCUT2D eigenvalue weighted by atomic mass is 10.3. The Morgan fingerprint density at radius 1 is 0.632 bits per heavy atom. The zero-order valence-corrected chi connectivity index (χ0v) is 13.0. The molecule has 0 saturated carbocycles. The van der Waals surface area contributed by atoms with E-state index < -0.39 is 0 Å². The highest BCUT2D eigenvalue weighted by Crippen LogP contribution is 2.34. The summed E-state index contributed by atoms with van der Waals surface area (Å²) in [6.07, 6.45) is 0. The third-order valence-electron chi connectivity index (χ3n) is 1.92. The number of para-hydroxylation sites is 1. The second-order valence-corrected chi connectivity index (χ2v) is 5.35. The number of aromatic hydroxyl groups is 2. The predicted molar refractivity (Wildman–Crippen MR) is 81.3 cm³/mol. The molecule has 0 aliphatic rings. The Morgan fingerprint density at radius 3 is 1.37 bits per heavy atom. The van der Waals surface area contributed by atoms with E-state index in [1.807, 2.05) is 0 Å². The summed E-state index contributed by atoms with van der Waals surface area (Å²) in [7, 11) is 0. The number of rotatable bonds is 0. The first-order valence-corrected chi connectivity index (χ1v) is 6.68. The van der Waals surface area contributed by atoms with Crippen LogP contribution in [-0.2, 0) is 0 Å². The molecule has 2 nitrogen and oxygen atoms in total. The van der Waals surface area contributed by atoms with Gasteiger partial charge in [0.25, 0.3) is 0 Å². The van der Waals surface area contributed by atoms with E-state index in [2.05, 4.69) is 0 Å². The van der Waals surface area contributed by atoms with Gasteiger partial charge in [-0.05, 0) is 24.3 Å². The van der Waals surface area contributed by atoms with E-state index in [1.165, 1.54) is 12.1 Å². The van der Waals surface area contributed by atoms with Gasteiger partial charge in [0, 0.05) is 5.02 Å². The molecule has 19 heavy (non-hydrogen) atoms. The van der Waals surface area contributed by atoms with Crippen LogP contribution < -0.4 is 0 Å². The maximum Gasteiger partial charge on any atom is 0.152 e. The second kappa shape index (κ2) is 7.32. The molecular weight excluding hydrogens is 353 g/mol. The smallest absolute Gasteiger partial charge is 0.152 e. The summed E-state index contributed by atoms with van der Waals surface area (Å²) in [5.41, 5.74) is 0. The van der Waals surface area contributed by atoms with Crippen molar-refractivity contribution in [1.82, 2.24) is 0 Å². The Bertz CT molecular complexity index is 543. The Hall–Kier alpha value is -0.510. The Labute approximate surface area is 135 Å². The molecule has 0 radical (unpaired) electrons. The third-order valence-corrected chi connectivity index (χ3v) is 3.32. The van der Waals surface area contributed by atoms with Crippen molar-refractivity contribution in [2.24, 2.45) is 0 Å². The molecule has 0 aromatic heterocycles. The molecule has 0 heterocycles. The van der Waals surface area contributed by atoms with E-state index in [1.54, 1.807) is 18.2 Å². The van der Waals surface area contributed by atoms with Gasteiger partial charge < -0.3 is 10.2 Å². The normalized spacial score (nSPS) is 9.74. The fourth-order valence-electron chi connectivity index (χ4n) is 1.02. The van der Waals surface area contributed by atoms with Crippen LogP contribution in [-0.4, -0.2) is 10.2 Å². The van der Waals surface area contributed by atoms with Gasteiger partial charge in [0.15, 0.2) is 11.5 Å². The van der Waals surface area contributed by atoms with Crippen molar-refractivity contribution in [3.63, 3.8) is 0 Å². The van der Waals surface area contributed by atoms with Crippen LogP contribution in [0.4, 0.5) is 0 Å². The number of benzene rings is 2. The maximum absolute atomic E-state index is 9.01. The van der Waals surface area contributed by atoms with Crippen LogP contribution >= 0.6 is 58.0 Å². The van der Waals surface area contributed by atoms with Crippen LogP contribution in [0.5, 0.6) is 11.5 Å².